The van der Waals surface area contributed by atoms with Gasteiger partial charge in [0.25, 0.3) is 11.8 Å². The molecular weight excluding hydrogens is 324 g/mol. The van der Waals surface area contributed by atoms with Crippen molar-refractivity contribution in [1.29, 1.82) is 0 Å². The highest BCUT2D eigenvalue weighted by Gasteiger charge is 2.21. The zero-order valence-corrected chi connectivity index (χ0v) is 14.3. The zero-order valence-electron chi connectivity index (χ0n) is 14.3. The molecular formula is C17H20N4O4. The van der Waals surface area contributed by atoms with Crippen LogP contribution in [-0.2, 0) is 11.2 Å². The number of fused-ring (bicyclic) bond motifs is 1. The molecule has 0 unspecified atom stereocenters. The molecule has 25 heavy (non-hydrogen) atoms. The summed E-state index contributed by atoms with van der Waals surface area (Å²) in [5.74, 6) is 1.38. The standard InChI is InChI=1S/C17H20N4O4/c1-9(2)6-14-20-17(25-21-14)10(3)18-16(23)11-4-5-12-13(7-11)24-8-15(22)19-12/h4-5,7,9-10H,6,8H2,1-3H3,(H,18,23)(H,19,22)/t10-/m1/s1. The van der Waals surface area contributed by atoms with Gasteiger partial charge in [0.15, 0.2) is 12.4 Å². The summed E-state index contributed by atoms with van der Waals surface area (Å²) in [7, 11) is 0. The molecule has 0 bridgehead atoms. The SMILES string of the molecule is CC(C)Cc1noc([C@@H](C)NC(=O)c2ccc3c(c2)OCC(=O)N3)n1. The summed E-state index contributed by atoms with van der Waals surface area (Å²) >= 11 is 0. The number of nitrogens with one attached hydrogen (secondary N) is 2. The molecule has 1 aromatic heterocycles. The highest BCUT2D eigenvalue weighted by molar-refractivity contribution is 5.99. The maximum absolute atomic E-state index is 12.4. The Bertz CT molecular complexity index is 800. The Morgan fingerprint density at radius 2 is 2.16 bits per heavy atom. The molecule has 0 spiro atoms. The molecule has 132 valence electrons. The third-order valence-electron chi connectivity index (χ3n) is 3.67. The van der Waals surface area contributed by atoms with Gasteiger partial charge in [-0.15, -0.1) is 0 Å². The van der Waals surface area contributed by atoms with E-state index in [2.05, 4.69) is 34.6 Å². The lowest BCUT2D eigenvalue weighted by molar-refractivity contribution is -0.118. The van der Waals surface area contributed by atoms with Crippen LogP contribution in [0, 0.1) is 5.92 Å². The van der Waals surface area contributed by atoms with E-state index in [0.717, 1.165) is 6.42 Å². The number of benzene rings is 1. The van der Waals surface area contributed by atoms with Gasteiger partial charge in [-0.2, -0.15) is 4.98 Å². The van der Waals surface area contributed by atoms with Gasteiger partial charge in [0.05, 0.1) is 5.69 Å². The number of hydrogen-bond donors (Lipinski definition) is 2. The first-order chi connectivity index (χ1) is 11.9. The lowest BCUT2D eigenvalue weighted by Crippen LogP contribution is -2.28. The highest BCUT2D eigenvalue weighted by atomic mass is 16.5. The molecule has 3 rings (SSSR count). The maximum atomic E-state index is 12.4. The van der Waals surface area contributed by atoms with Crippen LogP contribution in [0.1, 0.15) is 48.9 Å². The predicted octanol–water partition coefficient (Wildman–Crippen LogP) is 2.09. The van der Waals surface area contributed by atoms with E-state index in [1.54, 1.807) is 25.1 Å². The van der Waals surface area contributed by atoms with Crippen molar-refractivity contribution in [2.24, 2.45) is 5.92 Å². The fourth-order valence-corrected chi connectivity index (χ4v) is 2.45. The van der Waals surface area contributed by atoms with Crippen LogP contribution < -0.4 is 15.4 Å². The molecule has 1 aliphatic heterocycles. The van der Waals surface area contributed by atoms with Gasteiger partial charge in [-0.25, -0.2) is 0 Å². The maximum Gasteiger partial charge on any atom is 0.262 e. The van der Waals surface area contributed by atoms with Crippen LogP contribution in [0.5, 0.6) is 5.75 Å². The average molecular weight is 344 g/mol. The molecule has 1 atom stereocenters. The number of aromatic nitrogens is 2. The number of carbonyl (C=O) groups is 2. The Hall–Kier alpha value is -2.90. The van der Waals surface area contributed by atoms with E-state index >= 15 is 0 Å². The smallest absolute Gasteiger partial charge is 0.262 e. The van der Waals surface area contributed by atoms with Crippen LogP contribution >= 0.6 is 0 Å². The summed E-state index contributed by atoms with van der Waals surface area (Å²) in [4.78, 5) is 28.0. The van der Waals surface area contributed by atoms with E-state index in [1.165, 1.54) is 0 Å². The lowest BCUT2D eigenvalue weighted by Gasteiger charge is -2.18. The van der Waals surface area contributed by atoms with Crippen molar-refractivity contribution < 1.29 is 18.8 Å². The average Bonchev–Trinajstić information content (AvgIpc) is 3.02. The summed E-state index contributed by atoms with van der Waals surface area (Å²) in [6, 6.07) is 4.43. The molecule has 8 nitrogen and oxygen atoms in total. The molecule has 0 saturated heterocycles. The minimum absolute atomic E-state index is 0.0604. The van der Waals surface area contributed by atoms with Crippen LogP contribution in [-0.4, -0.2) is 28.6 Å². The van der Waals surface area contributed by atoms with Gasteiger partial charge < -0.3 is 19.9 Å². The van der Waals surface area contributed by atoms with Gasteiger partial charge in [0, 0.05) is 12.0 Å². The monoisotopic (exact) mass is 344 g/mol. The van der Waals surface area contributed by atoms with Crippen LogP contribution in [0.2, 0.25) is 0 Å². The highest BCUT2D eigenvalue weighted by Crippen LogP contribution is 2.28. The predicted molar refractivity (Wildman–Crippen MR) is 89.3 cm³/mol. The Morgan fingerprint density at radius 3 is 2.92 bits per heavy atom. The first kappa shape index (κ1) is 16.9. The first-order valence-corrected chi connectivity index (χ1v) is 8.12. The van der Waals surface area contributed by atoms with Gasteiger partial charge in [0.1, 0.15) is 11.8 Å². The second-order valence-electron chi connectivity index (χ2n) is 6.39. The summed E-state index contributed by atoms with van der Waals surface area (Å²) in [6.45, 7) is 5.86. The summed E-state index contributed by atoms with van der Waals surface area (Å²) in [5, 5.41) is 9.42. The Labute approximate surface area is 144 Å². The van der Waals surface area contributed by atoms with Crippen LogP contribution in [0.25, 0.3) is 0 Å². The van der Waals surface area contributed by atoms with Gasteiger partial charge in [-0.05, 0) is 31.0 Å². The molecule has 0 saturated carbocycles. The van der Waals surface area contributed by atoms with Crippen molar-refractivity contribution in [2.45, 2.75) is 33.2 Å². The number of amides is 2. The van der Waals surface area contributed by atoms with E-state index in [-0.39, 0.29) is 18.4 Å². The molecule has 0 aliphatic carbocycles. The molecule has 2 heterocycles. The normalized spacial score (nSPS) is 14.5. The van der Waals surface area contributed by atoms with Crippen molar-refractivity contribution >= 4 is 17.5 Å². The number of carbonyl (C=O) groups excluding carboxylic acids is 2. The third-order valence-corrected chi connectivity index (χ3v) is 3.67. The minimum Gasteiger partial charge on any atom is -0.482 e. The largest absolute Gasteiger partial charge is 0.482 e. The molecule has 2 N–H and O–H groups in total. The molecule has 1 aromatic carbocycles. The van der Waals surface area contributed by atoms with Crippen molar-refractivity contribution in [2.75, 3.05) is 11.9 Å². The van der Waals surface area contributed by atoms with Gasteiger partial charge in [-0.1, -0.05) is 19.0 Å². The number of rotatable bonds is 5. The molecule has 0 fully saturated rings. The lowest BCUT2D eigenvalue weighted by atomic mass is 10.1. The van der Waals surface area contributed by atoms with E-state index in [4.69, 9.17) is 9.26 Å². The first-order valence-electron chi connectivity index (χ1n) is 8.12. The Kier molecular flexibility index (Phi) is 4.69. The van der Waals surface area contributed by atoms with Crippen molar-refractivity contribution in [1.82, 2.24) is 15.5 Å². The van der Waals surface area contributed by atoms with E-state index < -0.39 is 6.04 Å². The summed E-state index contributed by atoms with van der Waals surface area (Å²) < 4.78 is 10.5. The molecule has 8 heteroatoms. The fraction of sp³-hybridized carbons (Fsp3) is 0.412. The van der Waals surface area contributed by atoms with Crippen molar-refractivity contribution in [3.63, 3.8) is 0 Å². The third kappa shape index (κ3) is 3.96. The summed E-state index contributed by atoms with van der Waals surface area (Å²) in [6.07, 6.45) is 0.720. The number of anilines is 1. The van der Waals surface area contributed by atoms with Crippen molar-refractivity contribution in [3.8, 4) is 5.75 Å². The van der Waals surface area contributed by atoms with Gasteiger partial charge in [0.2, 0.25) is 5.89 Å². The van der Waals surface area contributed by atoms with Gasteiger partial charge in [-0.3, -0.25) is 9.59 Å². The number of hydrogen-bond acceptors (Lipinski definition) is 6. The molecule has 0 radical (unpaired) electrons. The molecule has 2 aromatic rings. The van der Waals surface area contributed by atoms with Gasteiger partial charge >= 0.3 is 0 Å². The topological polar surface area (TPSA) is 106 Å². The van der Waals surface area contributed by atoms with Crippen LogP contribution in [0.15, 0.2) is 22.7 Å². The summed E-state index contributed by atoms with van der Waals surface area (Å²) in [5.41, 5.74) is 0.972. The van der Waals surface area contributed by atoms with E-state index in [1.807, 2.05) is 0 Å². The second kappa shape index (κ2) is 6.92. The molecule has 2 amide bonds. The van der Waals surface area contributed by atoms with E-state index in [0.29, 0.717) is 34.6 Å². The second-order valence-corrected chi connectivity index (χ2v) is 6.39. The Morgan fingerprint density at radius 1 is 1.36 bits per heavy atom. The number of nitrogens with zero attached hydrogens (tertiary/aromatic N) is 2. The fourth-order valence-electron chi connectivity index (χ4n) is 2.45. The minimum atomic E-state index is -0.419. The van der Waals surface area contributed by atoms with Crippen molar-refractivity contribution in [3.05, 3.63) is 35.5 Å². The number of ether oxygens (including phenoxy) is 1. The zero-order chi connectivity index (χ0) is 18.0. The van der Waals surface area contributed by atoms with E-state index in [9.17, 15) is 9.59 Å². The van der Waals surface area contributed by atoms with Crippen LogP contribution in [0.4, 0.5) is 5.69 Å². The quantitative estimate of drug-likeness (QED) is 0.860. The molecule has 1 aliphatic rings. The Balaban J connectivity index is 1.67. The van der Waals surface area contributed by atoms with Crippen LogP contribution in [0.3, 0.4) is 0 Å².